The quantitative estimate of drug-likeness (QED) is 0.793. The molecular formula is C16H19N3OS. The number of hydrogen-bond donors (Lipinski definition) is 0. The van der Waals surface area contributed by atoms with Crippen molar-refractivity contribution in [1.29, 1.82) is 5.26 Å². The number of nitrogens with zero attached hydrogens (tertiary/aromatic N) is 3. The molecule has 0 aliphatic heterocycles. The second-order valence-electron chi connectivity index (χ2n) is 4.93. The number of nitriles is 1. The van der Waals surface area contributed by atoms with Gasteiger partial charge >= 0.3 is 0 Å². The Balaban J connectivity index is 2.38. The molecule has 2 aromatic rings. The molecule has 0 unspecified atom stereocenters. The van der Waals surface area contributed by atoms with E-state index in [1.54, 1.807) is 7.11 Å². The Kier molecular flexibility index (Phi) is 4.94. The van der Waals surface area contributed by atoms with Crippen molar-refractivity contribution in [3.8, 4) is 6.07 Å². The number of rotatable bonds is 5. The molecule has 0 amide bonds. The highest BCUT2D eigenvalue weighted by Crippen LogP contribution is 2.24. The van der Waals surface area contributed by atoms with E-state index >= 15 is 0 Å². The van der Waals surface area contributed by atoms with Crippen molar-refractivity contribution in [3.05, 3.63) is 39.1 Å². The molecule has 0 saturated carbocycles. The second kappa shape index (κ2) is 6.70. The fraction of sp³-hybridized carbons (Fsp3) is 0.375. The van der Waals surface area contributed by atoms with E-state index in [0.717, 1.165) is 28.5 Å². The van der Waals surface area contributed by atoms with Crippen molar-refractivity contribution in [2.75, 3.05) is 13.7 Å². The summed E-state index contributed by atoms with van der Waals surface area (Å²) in [5, 5.41) is 12.1. The van der Waals surface area contributed by atoms with Crippen molar-refractivity contribution < 1.29 is 4.74 Å². The number of ether oxygens (including phenoxy) is 1. The van der Waals surface area contributed by atoms with Crippen LogP contribution in [-0.4, -0.2) is 23.3 Å². The minimum absolute atomic E-state index is 0.611. The molecule has 2 heterocycles. The molecule has 0 aliphatic carbocycles. The topological polar surface area (TPSA) is 50.8 Å². The smallest absolute Gasteiger partial charge is 0.134 e. The molecule has 0 aliphatic rings. The van der Waals surface area contributed by atoms with Gasteiger partial charge in [-0.1, -0.05) is 0 Å². The Bertz CT molecular complexity index is 704. The van der Waals surface area contributed by atoms with Crippen LogP contribution < -0.4 is 0 Å². The summed E-state index contributed by atoms with van der Waals surface area (Å²) in [7, 11) is 1.70. The lowest BCUT2D eigenvalue weighted by molar-refractivity contribution is 0.186. The first-order chi connectivity index (χ1) is 10.1. The lowest BCUT2D eigenvalue weighted by Crippen LogP contribution is -2.07. The number of methoxy groups -OCH3 is 1. The predicted octanol–water partition coefficient (Wildman–Crippen LogP) is 3.58. The number of thiazole rings is 1. The first-order valence-electron chi connectivity index (χ1n) is 6.76. The molecule has 0 aromatic carbocycles. The summed E-state index contributed by atoms with van der Waals surface area (Å²) in [5.74, 6) is 0. The highest BCUT2D eigenvalue weighted by atomic mass is 32.1. The van der Waals surface area contributed by atoms with Crippen LogP contribution in [0.5, 0.6) is 0 Å². The Hall–Kier alpha value is -1.90. The van der Waals surface area contributed by atoms with Gasteiger partial charge in [-0.15, -0.1) is 11.3 Å². The van der Waals surface area contributed by atoms with Gasteiger partial charge in [0.05, 0.1) is 12.2 Å². The first kappa shape index (κ1) is 15.5. The molecule has 2 aromatic heterocycles. The van der Waals surface area contributed by atoms with Crippen LogP contribution in [0.3, 0.4) is 0 Å². The van der Waals surface area contributed by atoms with E-state index in [0.29, 0.717) is 12.2 Å². The third-order valence-corrected chi connectivity index (χ3v) is 4.39. The molecule has 0 bridgehead atoms. The molecule has 0 saturated heterocycles. The van der Waals surface area contributed by atoms with Crippen molar-refractivity contribution in [1.82, 2.24) is 9.55 Å². The zero-order valence-corrected chi connectivity index (χ0v) is 13.6. The van der Waals surface area contributed by atoms with E-state index in [1.807, 2.05) is 18.4 Å². The van der Waals surface area contributed by atoms with Crippen LogP contribution in [0.1, 0.15) is 27.7 Å². The summed E-state index contributed by atoms with van der Waals surface area (Å²) < 4.78 is 7.35. The van der Waals surface area contributed by atoms with Gasteiger partial charge in [0.15, 0.2) is 0 Å². The van der Waals surface area contributed by atoms with Crippen molar-refractivity contribution >= 4 is 23.0 Å². The maximum Gasteiger partial charge on any atom is 0.134 e. The van der Waals surface area contributed by atoms with E-state index in [4.69, 9.17) is 4.74 Å². The molecule has 21 heavy (non-hydrogen) atoms. The maximum absolute atomic E-state index is 9.38. The zero-order valence-electron chi connectivity index (χ0n) is 12.8. The molecule has 0 radical (unpaired) electrons. The zero-order chi connectivity index (χ0) is 15.4. The lowest BCUT2D eigenvalue weighted by Gasteiger charge is -2.08. The number of allylic oxidation sites excluding steroid dienone is 1. The summed E-state index contributed by atoms with van der Waals surface area (Å²) in [4.78, 5) is 4.39. The first-order valence-corrected chi connectivity index (χ1v) is 7.64. The molecule has 5 heteroatoms. The molecule has 0 spiro atoms. The van der Waals surface area contributed by atoms with Crippen LogP contribution in [-0.2, 0) is 11.3 Å². The van der Waals surface area contributed by atoms with Crippen LogP contribution in [0.4, 0.5) is 0 Å². The lowest BCUT2D eigenvalue weighted by atomic mass is 10.1. The summed E-state index contributed by atoms with van der Waals surface area (Å²) in [6.07, 6.45) is 1.92. The van der Waals surface area contributed by atoms with Crippen LogP contribution in [0.2, 0.25) is 0 Å². The minimum atomic E-state index is 0.611. The van der Waals surface area contributed by atoms with Crippen LogP contribution in [0.25, 0.3) is 11.6 Å². The Labute approximate surface area is 129 Å². The van der Waals surface area contributed by atoms with Gasteiger partial charge in [-0.05, 0) is 38.5 Å². The molecule has 110 valence electrons. The molecule has 0 fully saturated rings. The summed E-state index contributed by atoms with van der Waals surface area (Å²) in [6, 6.07) is 4.35. The fourth-order valence-electron chi connectivity index (χ4n) is 2.28. The average molecular weight is 301 g/mol. The van der Waals surface area contributed by atoms with E-state index in [9.17, 15) is 5.26 Å². The van der Waals surface area contributed by atoms with Crippen molar-refractivity contribution in [2.24, 2.45) is 0 Å². The highest BCUT2D eigenvalue weighted by Gasteiger charge is 2.10. The molecular weight excluding hydrogens is 282 g/mol. The van der Waals surface area contributed by atoms with Crippen LogP contribution in [0.15, 0.2) is 11.4 Å². The van der Waals surface area contributed by atoms with Gasteiger partial charge in [-0.3, -0.25) is 0 Å². The predicted molar refractivity (Wildman–Crippen MR) is 86.1 cm³/mol. The van der Waals surface area contributed by atoms with Crippen molar-refractivity contribution in [3.63, 3.8) is 0 Å². The third-order valence-electron chi connectivity index (χ3n) is 3.40. The monoisotopic (exact) mass is 301 g/mol. The van der Waals surface area contributed by atoms with Gasteiger partial charge in [0.25, 0.3) is 0 Å². The average Bonchev–Trinajstić information content (AvgIpc) is 2.99. The maximum atomic E-state index is 9.38. The normalized spacial score (nSPS) is 11.7. The molecule has 0 N–H and O–H groups in total. The standard InChI is InChI=1S/C16H19N3OS/c1-11-10-21-16(18-11)15(9-17)8-14-7-12(2)19(13(14)3)5-6-20-4/h7-8,10H,5-6H2,1-4H3/b15-8+. The largest absolute Gasteiger partial charge is 0.383 e. The molecule has 4 nitrogen and oxygen atoms in total. The second-order valence-corrected chi connectivity index (χ2v) is 5.79. The summed E-state index contributed by atoms with van der Waals surface area (Å²) in [6.45, 7) is 7.57. The number of aromatic nitrogens is 2. The van der Waals surface area contributed by atoms with E-state index in [-0.39, 0.29) is 0 Å². The number of hydrogen-bond acceptors (Lipinski definition) is 4. The van der Waals surface area contributed by atoms with Gasteiger partial charge in [-0.25, -0.2) is 4.98 Å². The van der Waals surface area contributed by atoms with Gasteiger partial charge in [0.1, 0.15) is 11.1 Å². The number of aryl methyl sites for hydroxylation is 2. The Morgan fingerprint density at radius 3 is 2.81 bits per heavy atom. The van der Waals surface area contributed by atoms with Crippen LogP contribution in [0, 0.1) is 32.1 Å². The van der Waals surface area contributed by atoms with Gasteiger partial charge in [0.2, 0.25) is 0 Å². The SMILES string of the molecule is COCCn1c(C)cc(/C=C(\C#N)c2nc(C)cs2)c1C. The molecule has 2 rings (SSSR count). The molecule has 0 atom stereocenters. The minimum Gasteiger partial charge on any atom is -0.383 e. The highest BCUT2D eigenvalue weighted by molar-refractivity contribution is 7.11. The van der Waals surface area contributed by atoms with Gasteiger partial charge < -0.3 is 9.30 Å². The van der Waals surface area contributed by atoms with Gasteiger partial charge in [-0.2, -0.15) is 5.26 Å². The Morgan fingerprint density at radius 1 is 1.48 bits per heavy atom. The fourth-order valence-corrected chi connectivity index (χ4v) is 3.04. The third kappa shape index (κ3) is 3.41. The Morgan fingerprint density at radius 2 is 2.24 bits per heavy atom. The van der Waals surface area contributed by atoms with E-state index in [1.165, 1.54) is 17.0 Å². The van der Waals surface area contributed by atoms with E-state index in [2.05, 4.69) is 35.5 Å². The summed E-state index contributed by atoms with van der Waals surface area (Å²) >= 11 is 1.50. The van der Waals surface area contributed by atoms with Crippen LogP contribution >= 0.6 is 11.3 Å². The van der Waals surface area contributed by atoms with Crippen molar-refractivity contribution in [2.45, 2.75) is 27.3 Å². The van der Waals surface area contributed by atoms with E-state index < -0.39 is 0 Å². The van der Waals surface area contributed by atoms with Gasteiger partial charge in [0, 0.05) is 36.1 Å². The summed E-state index contributed by atoms with van der Waals surface area (Å²) in [5.41, 5.74) is 4.93.